The van der Waals surface area contributed by atoms with Gasteiger partial charge in [-0.3, -0.25) is 4.68 Å². The number of nitrogens with one attached hydrogen (secondary N) is 1. The Balaban J connectivity index is 2.67. The maximum Gasteiger partial charge on any atom is 0.435 e. The SMILES string of the molecule is CCCC(CNCC(C)C)n1ccc(C(F)(F)F)n1. The Labute approximate surface area is 112 Å². The lowest BCUT2D eigenvalue weighted by Gasteiger charge is -2.18. The third-order valence-electron chi connectivity index (χ3n) is 2.83. The highest BCUT2D eigenvalue weighted by Crippen LogP contribution is 2.28. The summed E-state index contributed by atoms with van der Waals surface area (Å²) in [6, 6.07) is 1.00. The van der Waals surface area contributed by atoms with Crippen molar-refractivity contribution in [2.45, 2.75) is 45.8 Å². The zero-order valence-electron chi connectivity index (χ0n) is 11.7. The number of rotatable bonds is 7. The molecule has 1 heterocycles. The Kier molecular flexibility index (Phi) is 5.85. The predicted molar refractivity (Wildman–Crippen MR) is 68.9 cm³/mol. The van der Waals surface area contributed by atoms with Crippen LogP contribution in [0, 0.1) is 5.92 Å². The lowest BCUT2D eigenvalue weighted by Crippen LogP contribution is -2.28. The second kappa shape index (κ2) is 6.93. The van der Waals surface area contributed by atoms with E-state index in [1.54, 1.807) is 0 Å². The highest BCUT2D eigenvalue weighted by molar-refractivity contribution is 5.04. The van der Waals surface area contributed by atoms with Crippen LogP contribution in [0.25, 0.3) is 0 Å². The van der Waals surface area contributed by atoms with Gasteiger partial charge in [-0.25, -0.2) is 0 Å². The van der Waals surface area contributed by atoms with Gasteiger partial charge in [0.05, 0.1) is 6.04 Å². The van der Waals surface area contributed by atoms with E-state index in [1.165, 1.54) is 10.9 Å². The standard InChI is InChI=1S/C13H22F3N3/c1-4-5-11(9-17-8-10(2)3)19-7-6-12(18-19)13(14,15)16/h6-7,10-11,17H,4-5,8-9H2,1-3H3. The maximum absolute atomic E-state index is 12.5. The highest BCUT2D eigenvalue weighted by atomic mass is 19.4. The molecule has 0 aliphatic carbocycles. The van der Waals surface area contributed by atoms with Gasteiger partial charge >= 0.3 is 6.18 Å². The molecule has 0 bridgehead atoms. The molecule has 1 aromatic rings. The molecule has 0 aromatic carbocycles. The molecule has 1 N–H and O–H groups in total. The topological polar surface area (TPSA) is 29.9 Å². The van der Waals surface area contributed by atoms with Crippen LogP contribution in [-0.4, -0.2) is 22.9 Å². The molecule has 1 unspecified atom stereocenters. The fraction of sp³-hybridized carbons (Fsp3) is 0.769. The van der Waals surface area contributed by atoms with Gasteiger partial charge in [0.2, 0.25) is 0 Å². The van der Waals surface area contributed by atoms with E-state index in [4.69, 9.17) is 0 Å². The van der Waals surface area contributed by atoms with Crippen molar-refractivity contribution < 1.29 is 13.2 Å². The molecule has 0 amide bonds. The van der Waals surface area contributed by atoms with Gasteiger partial charge in [-0.2, -0.15) is 18.3 Å². The molecule has 1 aromatic heterocycles. The van der Waals surface area contributed by atoms with Crippen molar-refractivity contribution in [1.29, 1.82) is 0 Å². The van der Waals surface area contributed by atoms with Crippen LogP contribution < -0.4 is 5.32 Å². The highest BCUT2D eigenvalue weighted by Gasteiger charge is 2.34. The molecule has 110 valence electrons. The zero-order chi connectivity index (χ0) is 14.5. The second-order valence-electron chi connectivity index (χ2n) is 5.17. The predicted octanol–water partition coefficient (Wildman–Crippen LogP) is 3.49. The summed E-state index contributed by atoms with van der Waals surface area (Å²) in [6.07, 6.45) is -1.23. The first-order chi connectivity index (χ1) is 8.84. The lowest BCUT2D eigenvalue weighted by molar-refractivity contribution is -0.141. The number of alkyl halides is 3. The largest absolute Gasteiger partial charge is 0.435 e. The smallest absolute Gasteiger partial charge is 0.314 e. The Hall–Kier alpha value is -1.04. The van der Waals surface area contributed by atoms with Crippen molar-refractivity contribution in [3.05, 3.63) is 18.0 Å². The molecule has 0 fully saturated rings. The molecule has 3 nitrogen and oxygen atoms in total. The molecule has 19 heavy (non-hydrogen) atoms. The van der Waals surface area contributed by atoms with Gasteiger partial charge in [0.15, 0.2) is 5.69 Å². The van der Waals surface area contributed by atoms with E-state index in [0.717, 1.165) is 25.5 Å². The third kappa shape index (κ3) is 5.22. The zero-order valence-corrected chi connectivity index (χ0v) is 11.7. The molecule has 0 radical (unpaired) electrons. The Bertz CT molecular complexity index is 371. The van der Waals surface area contributed by atoms with Crippen molar-refractivity contribution in [3.8, 4) is 0 Å². The minimum absolute atomic E-state index is 0.0279. The Morgan fingerprint density at radius 3 is 2.47 bits per heavy atom. The van der Waals surface area contributed by atoms with E-state index < -0.39 is 11.9 Å². The average molecular weight is 277 g/mol. The van der Waals surface area contributed by atoms with Crippen molar-refractivity contribution in [3.63, 3.8) is 0 Å². The molecule has 0 saturated heterocycles. The molecular formula is C13H22F3N3. The molecular weight excluding hydrogens is 255 g/mol. The van der Waals surface area contributed by atoms with Crippen LogP contribution in [0.2, 0.25) is 0 Å². The fourth-order valence-corrected chi connectivity index (χ4v) is 1.89. The number of halogens is 3. The Morgan fingerprint density at radius 1 is 1.32 bits per heavy atom. The van der Waals surface area contributed by atoms with E-state index in [2.05, 4.69) is 24.3 Å². The molecule has 6 heteroatoms. The quantitative estimate of drug-likeness (QED) is 0.827. The Morgan fingerprint density at radius 2 is 2.00 bits per heavy atom. The minimum Gasteiger partial charge on any atom is -0.314 e. The van der Waals surface area contributed by atoms with E-state index in [1.807, 2.05) is 6.92 Å². The summed E-state index contributed by atoms with van der Waals surface area (Å²) in [7, 11) is 0. The van der Waals surface area contributed by atoms with Crippen LogP contribution in [0.15, 0.2) is 12.3 Å². The van der Waals surface area contributed by atoms with Gasteiger partial charge in [0, 0.05) is 12.7 Å². The van der Waals surface area contributed by atoms with Crippen LogP contribution in [0.4, 0.5) is 13.2 Å². The van der Waals surface area contributed by atoms with Crippen molar-refractivity contribution >= 4 is 0 Å². The first-order valence-corrected chi connectivity index (χ1v) is 6.67. The normalized spacial score (nSPS) is 14.1. The third-order valence-corrected chi connectivity index (χ3v) is 2.83. The van der Waals surface area contributed by atoms with E-state index >= 15 is 0 Å². The minimum atomic E-state index is -4.37. The monoisotopic (exact) mass is 277 g/mol. The summed E-state index contributed by atoms with van der Waals surface area (Å²) in [5.74, 6) is 0.519. The van der Waals surface area contributed by atoms with E-state index in [-0.39, 0.29) is 6.04 Å². The first kappa shape index (κ1) is 16.0. The van der Waals surface area contributed by atoms with Crippen LogP contribution in [0.3, 0.4) is 0 Å². The fourth-order valence-electron chi connectivity index (χ4n) is 1.89. The van der Waals surface area contributed by atoms with E-state index in [9.17, 15) is 13.2 Å². The molecule has 0 aliphatic heterocycles. The number of hydrogen-bond acceptors (Lipinski definition) is 2. The van der Waals surface area contributed by atoms with Gasteiger partial charge < -0.3 is 5.32 Å². The van der Waals surface area contributed by atoms with Gasteiger partial charge in [-0.15, -0.1) is 0 Å². The van der Waals surface area contributed by atoms with Crippen molar-refractivity contribution in [2.24, 2.45) is 5.92 Å². The van der Waals surface area contributed by atoms with Crippen molar-refractivity contribution in [1.82, 2.24) is 15.1 Å². The van der Waals surface area contributed by atoms with Crippen LogP contribution in [0.5, 0.6) is 0 Å². The molecule has 1 atom stereocenters. The second-order valence-corrected chi connectivity index (χ2v) is 5.17. The van der Waals surface area contributed by atoms with Gasteiger partial charge in [0.25, 0.3) is 0 Å². The van der Waals surface area contributed by atoms with Crippen molar-refractivity contribution in [2.75, 3.05) is 13.1 Å². The average Bonchev–Trinajstić information content (AvgIpc) is 2.76. The van der Waals surface area contributed by atoms with Gasteiger partial charge in [0.1, 0.15) is 0 Å². The first-order valence-electron chi connectivity index (χ1n) is 6.67. The molecule has 0 spiro atoms. The summed E-state index contributed by atoms with van der Waals surface area (Å²) < 4.78 is 39.0. The summed E-state index contributed by atoms with van der Waals surface area (Å²) >= 11 is 0. The molecule has 0 saturated carbocycles. The summed E-state index contributed by atoms with van der Waals surface area (Å²) in [4.78, 5) is 0. The summed E-state index contributed by atoms with van der Waals surface area (Å²) in [5.41, 5.74) is -0.822. The summed E-state index contributed by atoms with van der Waals surface area (Å²) in [5, 5.41) is 6.92. The van der Waals surface area contributed by atoms with Crippen LogP contribution in [0.1, 0.15) is 45.3 Å². The van der Waals surface area contributed by atoms with E-state index in [0.29, 0.717) is 12.5 Å². The lowest BCUT2D eigenvalue weighted by atomic mass is 10.1. The van der Waals surface area contributed by atoms with Crippen LogP contribution in [-0.2, 0) is 6.18 Å². The molecule has 1 rings (SSSR count). The van der Waals surface area contributed by atoms with Gasteiger partial charge in [-0.1, -0.05) is 27.2 Å². The van der Waals surface area contributed by atoms with Gasteiger partial charge in [-0.05, 0) is 24.9 Å². The van der Waals surface area contributed by atoms with Crippen LogP contribution >= 0.6 is 0 Å². The number of hydrogen-bond donors (Lipinski definition) is 1. The molecule has 0 aliphatic rings. The number of nitrogens with zero attached hydrogens (tertiary/aromatic N) is 2. The summed E-state index contributed by atoms with van der Waals surface area (Å²) in [6.45, 7) is 7.71. The number of aromatic nitrogens is 2. The maximum atomic E-state index is 12.5.